The number of alkyl carbamates (subject to hydrolysis) is 1. The molecule has 1 fully saturated rings. The summed E-state index contributed by atoms with van der Waals surface area (Å²) in [6.07, 6.45) is -5.50. The second-order valence-corrected chi connectivity index (χ2v) is 10.2. The number of hydrogen-bond acceptors (Lipinski definition) is 10. The molecular formula is C29H30N4O11. The lowest BCUT2D eigenvalue weighted by Crippen LogP contribution is -2.52. The number of carboxylic acid groups (broad SMARTS) is 1. The summed E-state index contributed by atoms with van der Waals surface area (Å²) in [6.45, 7) is -1.65. The molecule has 1 aromatic heterocycles. The van der Waals surface area contributed by atoms with E-state index in [0.29, 0.717) is 0 Å². The zero-order chi connectivity index (χ0) is 31.4. The molecule has 1 aliphatic carbocycles. The average molecular weight is 611 g/mol. The van der Waals surface area contributed by atoms with E-state index in [1.165, 1.54) is 0 Å². The van der Waals surface area contributed by atoms with Crippen molar-refractivity contribution in [2.75, 3.05) is 26.4 Å². The summed E-state index contributed by atoms with van der Waals surface area (Å²) >= 11 is 0. The van der Waals surface area contributed by atoms with Crippen molar-refractivity contribution in [1.29, 1.82) is 0 Å². The number of fused-ring (bicyclic) bond motifs is 3. The van der Waals surface area contributed by atoms with Crippen LogP contribution in [0.2, 0.25) is 0 Å². The minimum absolute atomic E-state index is 0.0321. The number of ether oxygens (including phenoxy) is 3. The van der Waals surface area contributed by atoms with Crippen molar-refractivity contribution in [2.24, 2.45) is 0 Å². The first-order valence-corrected chi connectivity index (χ1v) is 13.7. The van der Waals surface area contributed by atoms with Crippen molar-refractivity contribution in [3.05, 3.63) is 92.8 Å². The van der Waals surface area contributed by atoms with Crippen molar-refractivity contribution in [3.63, 3.8) is 0 Å². The third-order valence-electron chi connectivity index (χ3n) is 7.40. The molecule has 0 unspecified atom stereocenters. The summed E-state index contributed by atoms with van der Waals surface area (Å²) in [7, 11) is 0. The molecule has 1 saturated heterocycles. The standard InChI is InChI=1S/C29H30N4O11/c34-22-9-10-33(28(40)32-22)27-25(38)24(37)21(44-27)11-30-26(39)20(13-42-14-23(35)36)31-29(41)43-12-19-17-7-3-1-5-15(17)16-6-2-4-8-18(16)19/h1-10,19-21,24-25,27,37-38H,11-14H2,(H,30,39)(H,31,41)(H,35,36)(H,32,34,40)/t20-,21+,24+,25+,27+/m0/s1. The van der Waals surface area contributed by atoms with E-state index in [0.717, 1.165) is 39.1 Å². The van der Waals surface area contributed by atoms with Crippen molar-refractivity contribution >= 4 is 18.0 Å². The van der Waals surface area contributed by atoms with Crippen LogP contribution in [0.25, 0.3) is 11.1 Å². The Balaban J connectivity index is 1.21. The van der Waals surface area contributed by atoms with Crippen LogP contribution in [0.3, 0.4) is 0 Å². The lowest BCUT2D eigenvalue weighted by Gasteiger charge is -2.21. The molecule has 2 aromatic carbocycles. The van der Waals surface area contributed by atoms with Gasteiger partial charge in [0.05, 0.1) is 6.61 Å². The number of carbonyl (C=O) groups is 3. The number of carbonyl (C=O) groups excluding carboxylic acids is 2. The Labute approximate surface area is 249 Å². The molecule has 0 spiro atoms. The topological polar surface area (TPSA) is 219 Å². The second kappa shape index (κ2) is 13.2. The fourth-order valence-electron chi connectivity index (χ4n) is 5.31. The number of hydrogen-bond donors (Lipinski definition) is 6. The molecule has 0 radical (unpaired) electrons. The molecule has 2 heterocycles. The van der Waals surface area contributed by atoms with Gasteiger partial charge in [0.1, 0.15) is 37.6 Å². The highest BCUT2D eigenvalue weighted by Gasteiger charge is 2.44. The Bertz CT molecular complexity index is 1610. The van der Waals surface area contributed by atoms with Gasteiger partial charge in [-0.25, -0.2) is 14.4 Å². The molecule has 15 nitrogen and oxygen atoms in total. The zero-order valence-corrected chi connectivity index (χ0v) is 23.1. The molecule has 2 aliphatic rings. The smallest absolute Gasteiger partial charge is 0.407 e. The fourth-order valence-corrected chi connectivity index (χ4v) is 5.31. The van der Waals surface area contributed by atoms with Gasteiger partial charge >= 0.3 is 17.8 Å². The van der Waals surface area contributed by atoms with Gasteiger partial charge in [0.15, 0.2) is 6.23 Å². The first-order valence-electron chi connectivity index (χ1n) is 13.7. The maximum Gasteiger partial charge on any atom is 0.407 e. The number of carboxylic acids is 1. The van der Waals surface area contributed by atoms with Crippen LogP contribution in [0.1, 0.15) is 23.3 Å². The third kappa shape index (κ3) is 6.55. The molecule has 0 bridgehead atoms. The zero-order valence-electron chi connectivity index (χ0n) is 23.1. The Morgan fingerprint density at radius 2 is 1.64 bits per heavy atom. The average Bonchev–Trinajstić information content (AvgIpc) is 3.47. The normalized spacial score (nSPS) is 21.2. The number of nitrogens with zero attached hydrogens (tertiary/aromatic N) is 1. The van der Waals surface area contributed by atoms with E-state index >= 15 is 0 Å². The molecule has 0 saturated carbocycles. The van der Waals surface area contributed by atoms with Crippen molar-refractivity contribution in [2.45, 2.75) is 36.5 Å². The number of amides is 2. The minimum Gasteiger partial charge on any atom is -0.480 e. The number of H-pyrrole nitrogens is 1. The molecule has 232 valence electrons. The first kappa shape index (κ1) is 30.6. The van der Waals surface area contributed by atoms with Crippen molar-refractivity contribution < 1.29 is 43.9 Å². The van der Waals surface area contributed by atoms with Gasteiger partial charge < -0.3 is 40.2 Å². The number of rotatable bonds is 11. The summed E-state index contributed by atoms with van der Waals surface area (Å²) in [5.41, 5.74) is 2.50. The number of aliphatic hydroxyl groups excluding tert-OH is 2. The van der Waals surface area contributed by atoms with Gasteiger partial charge in [-0.05, 0) is 22.3 Å². The maximum absolute atomic E-state index is 13.0. The fraction of sp³-hybridized carbons (Fsp3) is 0.345. The van der Waals surface area contributed by atoms with Crippen molar-refractivity contribution in [3.8, 4) is 11.1 Å². The molecule has 44 heavy (non-hydrogen) atoms. The van der Waals surface area contributed by atoms with E-state index in [-0.39, 0.29) is 19.1 Å². The van der Waals surface area contributed by atoms with Crippen LogP contribution in [0.15, 0.2) is 70.4 Å². The predicted molar refractivity (Wildman–Crippen MR) is 151 cm³/mol. The molecular weight excluding hydrogens is 580 g/mol. The Kier molecular flexibility index (Phi) is 9.20. The van der Waals surface area contributed by atoms with E-state index in [4.69, 9.17) is 19.3 Å². The Morgan fingerprint density at radius 3 is 2.27 bits per heavy atom. The number of benzene rings is 2. The predicted octanol–water partition coefficient (Wildman–Crippen LogP) is -0.719. The van der Waals surface area contributed by atoms with Crippen LogP contribution in [-0.4, -0.2) is 93.6 Å². The maximum atomic E-state index is 13.0. The third-order valence-corrected chi connectivity index (χ3v) is 7.40. The van der Waals surface area contributed by atoms with Gasteiger partial charge in [0.2, 0.25) is 5.91 Å². The SMILES string of the molecule is O=C(O)COC[C@H](NC(=O)OCC1c2ccccc2-c2ccccc21)C(=O)NC[C@H]1O[C@@H](n2ccc(=O)[nH]c2=O)[C@H](O)[C@@H]1O. The van der Waals surface area contributed by atoms with Gasteiger partial charge in [-0.2, -0.15) is 0 Å². The molecule has 2 amide bonds. The highest BCUT2D eigenvalue weighted by atomic mass is 16.6. The van der Waals surface area contributed by atoms with E-state index in [9.17, 15) is 34.2 Å². The van der Waals surface area contributed by atoms with E-state index in [1.807, 2.05) is 53.5 Å². The number of nitrogens with one attached hydrogen (secondary N) is 3. The van der Waals surface area contributed by atoms with E-state index in [1.54, 1.807) is 0 Å². The lowest BCUT2D eigenvalue weighted by molar-refractivity contribution is -0.143. The van der Waals surface area contributed by atoms with Gasteiger partial charge in [0, 0.05) is 24.7 Å². The van der Waals surface area contributed by atoms with Crippen LogP contribution >= 0.6 is 0 Å². The van der Waals surface area contributed by atoms with Crippen LogP contribution in [-0.2, 0) is 23.8 Å². The summed E-state index contributed by atoms with van der Waals surface area (Å²) < 4.78 is 17.0. The summed E-state index contributed by atoms with van der Waals surface area (Å²) in [5.74, 6) is -2.34. The number of aliphatic carboxylic acids is 1. The summed E-state index contributed by atoms with van der Waals surface area (Å²) in [6, 6.07) is 15.1. The first-order chi connectivity index (χ1) is 21.1. The molecule has 5 atom stereocenters. The minimum atomic E-state index is -1.57. The molecule has 5 rings (SSSR count). The quantitative estimate of drug-likeness (QED) is 0.159. The summed E-state index contributed by atoms with van der Waals surface area (Å²) in [5, 5.41) is 34.6. The number of aromatic amines is 1. The number of aliphatic hydroxyl groups is 2. The highest BCUT2D eigenvalue weighted by Crippen LogP contribution is 2.44. The Morgan fingerprint density at radius 1 is 0.977 bits per heavy atom. The summed E-state index contributed by atoms with van der Waals surface area (Å²) in [4.78, 5) is 62.2. The van der Waals surface area contributed by atoms with Gasteiger partial charge in [-0.3, -0.25) is 19.1 Å². The molecule has 15 heteroatoms. The van der Waals surface area contributed by atoms with Gasteiger partial charge in [0.25, 0.3) is 5.56 Å². The molecule has 1 aliphatic heterocycles. The Hall–Kier alpha value is -4.83. The van der Waals surface area contributed by atoms with Crippen LogP contribution in [0.5, 0.6) is 0 Å². The lowest BCUT2D eigenvalue weighted by atomic mass is 9.98. The van der Waals surface area contributed by atoms with Crippen molar-refractivity contribution in [1.82, 2.24) is 20.2 Å². The van der Waals surface area contributed by atoms with Crippen LogP contribution < -0.4 is 21.9 Å². The largest absolute Gasteiger partial charge is 0.480 e. The van der Waals surface area contributed by atoms with Gasteiger partial charge in [-0.15, -0.1) is 0 Å². The van der Waals surface area contributed by atoms with E-state index < -0.39 is 73.0 Å². The van der Waals surface area contributed by atoms with Crippen LogP contribution in [0.4, 0.5) is 4.79 Å². The van der Waals surface area contributed by atoms with Crippen LogP contribution in [0, 0.1) is 0 Å². The number of aromatic nitrogens is 2. The second-order valence-electron chi connectivity index (χ2n) is 10.2. The van der Waals surface area contributed by atoms with Gasteiger partial charge in [-0.1, -0.05) is 48.5 Å². The molecule has 6 N–H and O–H groups in total. The monoisotopic (exact) mass is 610 g/mol. The van der Waals surface area contributed by atoms with E-state index in [2.05, 4.69) is 10.6 Å². The molecule has 3 aromatic rings. The highest BCUT2D eigenvalue weighted by molar-refractivity contribution is 5.86.